The molecule has 1 saturated carbocycles. The molecule has 176 valence electrons. The fourth-order valence-corrected chi connectivity index (χ4v) is 5.54. The minimum absolute atomic E-state index is 0.0821. The van der Waals surface area contributed by atoms with E-state index < -0.39 is 0 Å². The van der Waals surface area contributed by atoms with Gasteiger partial charge in [-0.25, -0.2) is 4.98 Å². The fourth-order valence-electron chi connectivity index (χ4n) is 5.54. The number of carbonyl (C=O) groups excluding carboxylic acids is 1. The van der Waals surface area contributed by atoms with Crippen LogP contribution in [0.4, 0.5) is 11.5 Å². The Morgan fingerprint density at radius 2 is 1.82 bits per heavy atom. The van der Waals surface area contributed by atoms with E-state index in [1.165, 1.54) is 48.0 Å². The van der Waals surface area contributed by atoms with Crippen LogP contribution >= 0.6 is 0 Å². The Balaban J connectivity index is 1.44. The third-order valence-corrected chi connectivity index (χ3v) is 7.57. The Labute approximate surface area is 201 Å². The van der Waals surface area contributed by atoms with E-state index in [1.54, 1.807) is 6.20 Å². The van der Waals surface area contributed by atoms with Gasteiger partial charge >= 0.3 is 0 Å². The Hall–Kier alpha value is -2.99. The Morgan fingerprint density at radius 3 is 2.62 bits per heavy atom. The summed E-state index contributed by atoms with van der Waals surface area (Å²) in [7, 11) is 0. The number of hydrogen-bond donors (Lipinski definition) is 2. The zero-order valence-electron chi connectivity index (χ0n) is 19.7. The first-order valence-electron chi connectivity index (χ1n) is 12.9. The van der Waals surface area contributed by atoms with Crippen molar-refractivity contribution in [1.82, 2.24) is 9.97 Å². The summed E-state index contributed by atoms with van der Waals surface area (Å²) in [5.74, 6) is 0.862. The monoisotopic (exact) mass is 455 g/mol. The fraction of sp³-hybridized carbons (Fsp3) is 0.464. The first-order valence-corrected chi connectivity index (χ1v) is 12.9. The molecule has 2 fully saturated rings. The molecule has 1 atom stereocenters. The first kappa shape index (κ1) is 21.5. The minimum atomic E-state index is 0.0821. The van der Waals surface area contributed by atoms with Gasteiger partial charge in [0.25, 0.3) is 0 Å². The van der Waals surface area contributed by atoms with Crippen LogP contribution in [-0.2, 0) is 17.6 Å². The summed E-state index contributed by atoms with van der Waals surface area (Å²) in [6.07, 6.45) is 12.0. The van der Waals surface area contributed by atoms with E-state index in [0.29, 0.717) is 5.82 Å². The van der Waals surface area contributed by atoms with Crippen molar-refractivity contribution in [2.24, 2.45) is 11.7 Å². The molecular weight excluding hydrogens is 422 g/mol. The average Bonchev–Trinajstić information content (AvgIpc) is 3.60. The van der Waals surface area contributed by atoms with Crippen molar-refractivity contribution >= 4 is 28.3 Å². The van der Waals surface area contributed by atoms with E-state index in [0.717, 1.165) is 61.8 Å². The normalized spacial score (nSPS) is 20.6. The van der Waals surface area contributed by atoms with Gasteiger partial charge in [-0.1, -0.05) is 18.9 Å². The Kier molecular flexibility index (Phi) is 5.69. The molecule has 2 aromatic heterocycles. The number of fused-ring (bicyclic) bond motifs is 2. The van der Waals surface area contributed by atoms with Gasteiger partial charge in [-0.15, -0.1) is 0 Å². The van der Waals surface area contributed by atoms with E-state index in [4.69, 9.17) is 10.7 Å². The summed E-state index contributed by atoms with van der Waals surface area (Å²) in [6.45, 7) is 1.91. The third kappa shape index (κ3) is 4.27. The van der Waals surface area contributed by atoms with Crippen LogP contribution in [0.3, 0.4) is 0 Å². The van der Waals surface area contributed by atoms with Gasteiger partial charge in [0.1, 0.15) is 5.82 Å². The summed E-state index contributed by atoms with van der Waals surface area (Å²) < 4.78 is 0. The molecule has 1 aliphatic heterocycles. The predicted octanol–water partition coefficient (Wildman–Crippen LogP) is 4.84. The van der Waals surface area contributed by atoms with Crippen LogP contribution in [-0.4, -0.2) is 35.0 Å². The standard InChI is InChI=1S/C28H33N5O/c29-21-12-14-33(17-21)27-22-5-3-1-2-4-6-24(22)31-25-10-9-19(15-23(25)27)20-11-13-30-26(16-20)32-28(34)18-7-8-18/h9-11,13,15-16,18,21H,1-8,12,14,17,29H2,(H,30,32,34). The van der Waals surface area contributed by atoms with Crippen LogP contribution in [0.15, 0.2) is 36.5 Å². The molecule has 6 rings (SSSR count). The number of rotatable bonds is 4. The smallest absolute Gasteiger partial charge is 0.228 e. The number of nitrogens with two attached hydrogens (primary N) is 1. The van der Waals surface area contributed by atoms with Crippen molar-refractivity contribution in [1.29, 1.82) is 0 Å². The quantitative estimate of drug-likeness (QED) is 0.588. The number of pyridine rings is 2. The number of hydrogen-bond acceptors (Lipinski definition) is 5. The minimum Gasteiger partial charge on any atom is -0.369 e. The van der Waals surface area contributed by atoms with Crippen molar-refractivity contribution in [2.75, 3.05) is 23.3 Å². The number of aromatic nitrogens is 2. The number of amides is 1. The van der Waals surface area contributed by atoms with Gasteiger partial charge in [0.05, 0.1) is 11.2 Å². The van der Waals surface area contributed by atoms with Crippen molar-refractivity contribution in [3.63, 3.8) is 0 Å². The molecule has 0 radical (unpaired) electrons. The molecule has 3 N–H and O–H groups in total. The lowest BCUT2D eigenvalue weighted by atomic mass is 9.92. The highest BCUT2D eigenvalue weighted by molar-refractivity contribution is 5.97. The Bertz CT molecular complexity index is 1230. The summed E-state index contributed by atoms with van der Waals surface area (Å²) in [5, 5.41) is 4.20. The molecule has 2 aliphatic carbocycles. The summed E-state index contributed by atoms with van der Waals surface area (Å²) in [6, 6.07) is 10.8. The number of carbonyl (C=O) groups is 1. The lowest BCUT2D eigenvalue weighted by molar-refractivity contribution is -0.117. The SMILES string of the molecule is NC1CCN(c2c3c(nc4ccc(-c5ccnc(NC(=O)C6CC6)c5)cc24)CCCCCC3)C1. The van der Waals surface area contributed by atoms with Crippen molar-refractivity contribution in [3.8, 4) is 11.1 Å². The molecule has 1 saturated heterocycles. The predicted molar refractivity (Wildman–Crippen MR) is 137 cm³/mol. The zero-order chi connectivity index (χ0) is 23.1. The van der Waals surface area contributed by atoms with Gasteiger partial charge in [-0.2, -0.15) is 0 Å². The van der Waals surface area contributed by atoms with Crippen LogP contribution < -0.4 is 16.0 Å². The summed E-state index contributed by atoms with van der Waals surface area (Å²) >= 11 is 0. The molecule has 6 heteroatoms. The van der Waals surface area contributed by atoms with E-state index in [9.17, 15) is 4.79 Å². The third-order valence-electron chi connectivity index (χ3n) is 7.57. The molecule has 1 aromatic carbocycles. The van der Waals surface area contributed by atoms with Gasteiger partial charge in [0.15, 0.2) is 0 Å². The Morgan fingerprint density at radius 1 is 1.00 bits per heavy atom. The molecule has 3 aliphatic rings. The molecule has 1 unspecified atom stereocenters. The molecule has 3 aromatic rings. The topological polar surface area (TPSA) is 84.1 Å². The number of nitrogens with one attached hydrogen (secondary N) is 1. The molecule has 6 nitrogen and oxygen atoms in total. The molecule has 1 amide bonds. The van der Waals surface area contributed by atoms with Crippen LogP contribution in [0.5, 0.6) is 0 Å². The van der Waals surface area contributed by atoms with Crippen LogP contribution in [0.25, 0.3) is 22.0 Å². The van der Waals surface area contributed by atoms with Gasteiger partial charge in [-0.05, 0) is 85.9 Å². The highest BCUT2D eigenvalue weighted by Gasteiger charge is 2.30. The van der Waals surface area contributed by atoms with Crippen molar-refractivity contribution in [3.05, 3.63) is 47.8 Å². The van der Waals surface area contributed by atoms with Crippen molar-refractivity contribution in [2.45, 2.75) is 63.8 Å². The number of aryl methyl sites for hydroxylation is 1. The van der Waals surface area contributed by atoms with E-state index in [-0.39, 0.29) is 17.9 Å². The molecule has 0 bridgehead atoms. The van der Waals surface area contributed by atoms with Gasteiger partial charge in [-0.3, -0.25) is 9.78 Å². The van der Waals surface area contributed by atoms with Crippen LogP contribution in [0.2, 0.25) is 0 Å². The number of anilines is 2. The molecule has 0 spiro atoms. The van der Waals surface area contributed by atoms with Crippen molar-refractivity contribution < 1.29 is 4.79 Å². The molecule has 34 heavy (non-hydrogen) atoms. The lowest BCUT2D eigenvalue weighted by Crippen LogP contribution is -2.27. The second-order valence-electron chi connectivity index (χ2n) is 10.2. The zero-order valence-corrected chi connectivity index (χ0v) is 19.7. The maximum Gasteiger partial charge on any atom is 0.228 e. The van der Waals surface area contributed by atoms with E-state index >= 15 is 0 Å². The molecular formula is C28H33N5O. The molecule has 3 heterocycles. The maximum absolute atomic E-state index is 12.2. The average molecular weight is 456 g/mol. The second-order valence-corrected chi connectivity index (χ2v) is 10.2. The number of nitrogens with zero attached hydrogens (tertiary/aromatic N) is 3. The highest BCUT2D eigenvalue weighted by Crippen LogP contribution is 2.38. The van der Waals surface area contributed by atoms with Crippen LogP contribution in [0, 0.1) is 5.92 Å². The van der Waals surface area contributed by atoms with Gasteiger partial charge < -0.3 is 16.0 Å². The van der Waals surface area contributed by atoms with Gasteiger partial charge in [0, 0.05) is 42.3 Å². The van der Waals surface area contributed by atoms with Crippen LogP contribution in [0.1, 0.15) is 56.2 Å². The summed E-state index contributed by atoms with van der Waals surface area (Å²) in [4.78, 5) is 24.3. The largest absolute Gasteiger partial charge is 0.369 e. The van der Waals surface area contributed by atoms with E-state index in [2.05, 4.69) is 33.4 Å². The second kappa shape index (κ2) is 8.99. The van der Waals surface area contributed by atoms with Gasteiger partial charge in [0.2, 0.25) is 5.91 Å². The first-order chi connectivity index (χ1) is 16.7. The highest BCUT2D eigenvalue weighted by atomic mass is 16.2. The number of benzene rings is 1. The van der Waals surface area contributed by atoms with E-state index in [1.807, 2.05) is 12.1 Å². The lowest BCUT2D eigenvalue weighted by Gasteiger charge is -2.27. The summed E-state index contributed by atoms with van der Waals surface area (Å²) in [5.41, 5.74) is 13.7. The maximum atomic E-state index is 12.2.